The molecule has 0 saturated heterocycles. The van der Waals surface area contributed by atoms with Gasteiger partial charge in [0.25, 0.3) is 5.56 Å². The summed E-state index contributed by atoms with van der Waals surface area (Å²) in [4.78, 5) is 31.4. The first-order valence-corrected chi connectivity index (χ1v) is 12.4. The number of amides is 1. The number of thioether (sulfide) groups is 1. The first-order chi connectivity index (χ1) is 16.7. The number of anilines is 1. The number of carbonyl (C=O) groups excluding carboxylic acids is 1. The maximum Gasteiger partial charge on any atom is 0.266 e. The van der Waals surface area contributed by atoms with Crippen LogP contribution >= 0.6 is 11.8 Å². The number of aryl methyl sites for hydroxylation is 2. The molecule has 1 atom stereocenters. The molecular weight excluding hydrogens is 461 g/mol. The van der Waals surface area contributed by atoms with E-state index in [2.05, 4.69) is 24.1 Å². The zero-order valence-corrected chi connectivity index (χ0v) is 21.2. The van der Waals surface area contributed by atoms with Crippen LogP contribution in [-0.4, -0.2) is 20.7 Å². The van der Waals surface area contributed by atoms with E-state index in [4.69, 9.17) is 0 Å². The lowest BCUT2D eigenvalue weighted by atomic mass is 9.98. The van der Waals surface area contributed by atoms with Crippen molar-refractivity contribution in [3.63, 3.8) is 0 Å². The van der Waals surface area contributed by atoms with Crippen LogP contribution in [0.4, 0.5) is 10.1 Å². The van der Waals surface area contributed by atoms with Gasteiger partial charge in [-0.2, -0.15) is 0 Å². The van der Waals surface area contributed by atoms with Gasteiger partial charge < -0.3 is 5.32 Å². The Balaban J connectivity index is 1.74. The molecule has 1 unspecified atom stereocenters. The van der Waals surface area contributed by atoms with E-state index in [1.54, 1.807) is 50.2 Å². The summed E-state index contributed by atoms with van der Waals surface area (Å²) in [5.41, 5.74) is 3.92. The molecule has 1 aromatic heterocycles. The second-order valence-corrected chi connectivity index (χ2v) is 10.2. The van der Waals surface area contributed by atoms with E-state index in [1.165, 1.54) is 22.4 Å². The number of hydrogen-bond acceptors (Lipinski definition) is 4. The first kappa shape index (κ1) is 24.7. The average molecular weight is 490 g/mol. The van der Waals surface area contributed by atoms with Crippen molar-refractivity contribution in [3.05, 3.63) is 93.5 Å². The van der Waals surface area contributed by atoms with Crippen molar-refractivity contribution < 1.29 is 9.18 Å². The molecule has 0 aliphatic heterocycles. The van der Waals surface area contributed by atoms with Gasteiger partial charge in [0.2, 0.25) is 5.91 Å². The van der Waals surface area contributed by atoms with Gasteiger partial charge in [0.1, 0.15) is 5.82 Å². The number of aromatic nitrogens is 2. The van der Waals surface area contributed by atoms with Gasteiger partial charge in [-0.25, -0.2) is 9.37 Å². The van der Waals surface area contributed by atoms with Crippen molar-refractivity contribution in [1.82, 2.24) is 9.55 Å². The fourth-order valence-corrected chi connectivity index (χ4v) is 4.85. The third-order valence-electron chi connectivity index (χ3n) is 5.99. The molecule has 0 bridgehead atoms. The summed E-state index contributed by atoms with van der Waals surface area (Å²) in [6, 6.07) is 17.6. The molecule has 3 aromatic carbocycles. The van der Waals surface area contributed by atoms with Gasteiger partial charge in [0.05, 0.1) is 21.8 Å². The molecule has 5 nitrogen and oxygen atoms in total. The number of rotatable bonds is 6. The molecule has 0 saturated carbocycles. The zero-order chi connectivity index (χ0) is 25.3. The highest BCUT2D eigenvalue weighted by molar-refractivity contribution is 8.00. The second-order valence-electron chi connectivity index (χ2n) is 8.93. The molecule has 1 N–H and O–H groups in total. The summed E-state index contributed by atoms with van der Waals surface area (Å²) >= 11 is 1.17. The lowest BCUT2D eigenvalue weighted by Crippen LogP contribution is -2.27. The lowest BCUT2D eigenvalue weighted by Gasteiger charge is -2.20. The van der Waals surface area contributed by atoms with Crippen molar-refractivity contribution in [2.45, 2.75) is 50.9 Å². The predicted molar refractivity (Wildman–Crippen MR) is 141 cm³/mol. The molecule has 180 valence electrons. The minimum Gasteiger partial charge on any atom is -0.325 e. The van der Waals surface area contributed by atoms with Crippen LogP contribution in [0.3, 0.4) is 0 Å². The monoisotopic (exact) mass is 489 g/mol. The fourth-order valence-electron chi connectivity index (χ4n) is 3.92. The predicted octanol–water partition coefficient (Wildman–Crippen LogP) is 6.38. The summed E-state index contributed by atoms with van der Waals surface area (Å²) in [6.07, 6.45) is 0. The molecule has 0 spiro atoms. The highest BCUT2D eigenvalue weighted by atomic mass is 32.2. The normalized spacial score (nSPS) is 12.2. The number of benzene rings is 3. The van der Waals surface area contributed by atoms with Crippen molar-refractivity contribution >= 4 is 34.3 Å². The number of nitrogens with zero attached hydrogens (tertiary/aromatic N) is 2. The first-order valence-electron chi connectivity index (χ1n) is 11.5. The molecule has 7 heteroatoms. The van der Waals surface area contributed by atoms with Gasteiger partial charge in [0.15, 0.2) is 5.16 Å². The summed E-state index contributed by atoms with van der Waals surface area (Å²) in [5.74, 6) is -0.364. The third-order valence-corrected chi connectivity index (χ3v) is 7.04. The highest BCUT2D eigenvalue weighted by Gasteiger charge is 2.22. The molecule has 0 aliphatic carbocycles. The van der Waals surface area contributed by atoms with E-state index < -0.39 is 11.1 Å². The second kappa shape index (κ2) is 10.0. The van der Waals surface area contributed by atoms with Crippen LogP contribution in [0.25, 0.3) is 16.6 Å². The number of fused-ring (bicyclic) bond motifs is 1. The van der Waals surface area contributed by atoms with Crippen LogP contribution in [0, 0.1) is 19.7 Å². The van der Waals surface area contributed by atoms with E-state index in [1.807, 2.05) is 25.1 Å². The highest BCUT2D eigenvalue weighted by Crippen LogP contribution is 2.30. The Kier molecular flexibility index (Phi) is 7.08. The third kappa shape index (κ3) is 5.00. The molecule has 1 heterocycles. The minimum atomic E-state index is -0.566. The standard InChI is InChI=1S/C28H28FN3O2S/c1-16(2)21-11-8-9-18(4)25(21)31-26(33)19(5)35-28-30-24-12-7-6-10-22(24)27(34)32(28)20-14-13-17(3)23(29)15-20/h6-16,19H,1-5H3,(H,31,33). The van der Waals surface area contributed by atoms with Gasteiger partial charge in [-0.3, -0.25) is 14.2 Å². The quantitative estimate of drug-likeness (QED) is 0.252. The van der Waals surface area contributed by atoms with Crippen LogP contribution < -0.4 is 10.9 Å². The SMILES string of the molecule is Cc1ccc(-n2c(SC(C)C(=O)Nc3c(C)cccc3C(C)C)nc3ccccc3c2=O)cc1F. The molecule has 35 heavy (non-hydrogen) atoms. The van der Waals surface area contributed by atoms with E-state index in [-0.39, 0.29) is 17.4 Å². The van der Waals surface area contributed by atoms with Gasteiger partial charge in [-0.05, 0) is 67.6 Å². The molecule has 0 fully saturated rings. The largest absolute Gasteiger partial charge is 0.325 e. The molecule has 4 aromatic rings. The Morgan fingerprint density at radius 1 is 1.00 bits per heavy atom. The van der Waals surface area contributed by atoms with Crippen LogP contribution in [-0.2, 0) is 4.79 Å². The van der Waals surface area contributed by atoms with Gasteiger partial charge >= 0.3 is 0 Å². The summed E-state index contributed by atoms with van der Waals surface area (Å²) in [5, 5.41) is 3.26. The van der Waals surface area contributed by atoms with Crippen molar-refractivity contribution in [2.75, 3.05) is 5.32 Å². The summed E-state index contributed by atoms with van der Waals surface area (Å²) < 4.78 is 15.8. The molecule has 4 rings (SSSR count). The Bertz CT molecular complexity index is 1480. The topological polar surface area (TPSA) is 64.0 Å². The molecule has 0 aliphatic rings. The van der Waals surface area contributed by atoms with Gasteiger partial charge in [-0.1, -0.05) is 62.0 Å². The molecule has 1 amide bonds. The van der Waals surface area contributed by atoms with E-state index in [9.17, 15) is 14.0 Å². The number of para-hydroxylation sites is 2. The Labute approximate surface area is 208 Å². The Hall–Kier alpha value is -3.45. The van der Waals surface area contributed by atoms with Crippen LogP contribution in [0.5, 0.6) is 0 Å². The van der Waals surface area contributed by atoms with E-state index in [0.717, 1.165) is 16.8 Å². The van der Waals surface area contributed by atoms with Gasteiger partial charge in [-0.15, -0.1) is 0 Å². The number of hydrogen-bond donors (Lipinski definition) is 1. The van der Waals surface area contributed by atoms with Crippen LogP contribution in [0.15, 0.2) is 70.6 Å². The molecular formula is C28H28FN3O2S. The van der Waals surface area contributed by atoms with Crippen LogP contribution in [0.1, 0.15) is 43.4 Å². The summed E-state index contributed by atoms with van der Waals surface area (Å²) in [7, 11) is 0. The van der Waals surface area contributed by atoms with E-state index >= 15 is 0 Å². The molecule has 0 radical (unpaired) electrons. The smallest absolute Gasteiger partial charge is 0.266 e. The Morgan fingerprint density at radius 2 is 1.74 bits per heavy atom. The average Bonchev–Trinajstić information content (AvgIpc) is 2.82. The maximum atomic E-state index is 14.4. The summed E-state index contributed by atoms with van der Waals surface area (Å²) in [6.45, 7) is 9.57. The van der Waals surface area contributed by atoms with Gasteiger partial charge in [0, 0.05) is 5.69 Å². The maximum absolute atomic E-state index is 14.4. The van der Waals surface area contributed by atoms with Crippen LogP contribution in [0.2, 0.25) is 0 Å². The number of halogens is 1. The van der Waals surface area contributed by atoms with E-state index in [0.29, 0.717) is 27.3 Å². The van der Waals surface area contributed by atoms with Crippen molar-refractivity contribution in [2.24, 2.45) is 0 Å². The fraction of sp³-hybridized carbons (Fsp3) is 0.250. The Morgan fingerprint density at radius 3 is 2.46 bits per heavy atom. The minimum absolute atomic E-state index is 0.199. The van der Waals surface area contributed by atoms with Crippen molar-refractivity contribution in [3.8, 4) is 5.69 Å². The van der Waals surface area contributed by atoms with Crippen molar-refractivity contribution in [1.29, 1.82) is 0 Å². The lowest BCUT2D eigenvalue weighted by molar-refractivity contribution is -0.115. The zero-order valence-electron chi connectivity index (χ0n) is 20.4. The number of nitrogens with one attached hydrogen (secondary N) is 1. The number of carbonyl (C=O) groups is 1.